The first-order valence-electron chi connectivity index (χ1n) is 15.9. The molecule has 6 heteroatoms. The number of anilines is 1. The summed E-state index contributed by atoms with van der Waals surface area (Å²) in [5.41, 5.74) is 2.02. The van der Waals surface area contributed by atoms with E-state index in [-0.39, 0.29) is 24.3 Å². The van der Waals surface area contributed by atoms with E-state index in [2.05, 4.69) is 51.8 Å². The number of unbranched alkanes of at least 4 members (excludes halogenated alkanes) is 2. The standard InChI is InChI=1S/C34H52N2O4/c1-7-13-16-24(9-3)22-39-30(11-5)36(31(12-6)40-23-25(10-4)17-14-8-2)29-21-20-28-32-26(29)18-15-19-27(32)33(37)35-34(28)38/h15,18-21,24-25,30-31H,7-14,16-17,22-23H2,1-6H3,(H,35,37,38). The van der Waals surface area contributed by atoms with Crippen LogP contribution in [0.4, 0.5) is 5.69 Å². The van der Waals surface area contributed by atoms with E-state index in [1.807, 2.05) is 24.3 Å². The monoisotopic (exact) mass is 552 g/mol. The summed E-state index contributed by atoms with van der Waals surface area (Å²) in [5, 5.41) is 4.09. The van der Waals surface area contributed by atoms with Gasteiger partial charge in [0.05, 0.1) is 13.2 Å². The van der Waals surface area contributed by atoms with Crippen molar-refractivity contribution in [1.82, 2.24) is 5.32 Å². The fourth-order valence-electron chi connectivity index (χ4n) is 5.81. The number of benzene rings is 2. The molecule has 1 aliphatic heterocycles. The van der Waals surface area contributed by atoms with Crippen LogP contribution in [-0.4, -0.2) is 37.5 Å². The lowest BCUT2D eigenvalue weighted by Gasteiger charge is -2.40. The molecule has 6 nitrogen and oxygen atoms in total. The molecule has 1 N–H and O–H groups in total. The van der Waals surface area contributed by atoms with Crippen LogP contribution >= 0.6 is 0 Å². The van der Waals surface area contributed by atoms with Crippen molar-refractivity contribution in [3.63, 3.8) is 0 Å². The number of hydrogen-bond acceptors (Lipinski definition) is 5. The van der Waals surface area contributed by atoms with E-state index in [1.165, 1.54) is 38.5 Å². The van der Waals surface area contributed by atoms with Gasteiger partial charge in [0.15, 0.2) is 0 Å². The summed E-state index contributed by atoms with van der Waals surface area (Å²) in [4.78, 5) is 27.8. The molecule has 0 saturated heterocycles. The zero-order valence-corrected chi connectivity index (χ0v) is 25.8. The van der Waals surface area contributed by atoms with E-state index in [1.54, 1.807) is 6.07 Å². The molecule has 0 aliphatic carbocycles. The van der Waals surface area contributed by atoms with Crippen molar-refractivity contribution >= 4 is 28.3 Å². The molecule has 0 fully saturated rings. The van der Waals surface area contributed by atoms with Crippen LogP contribution in [0.3, 0.4) is 0 Å². The van der Waals surface area contributed by atoms with Crippen molar-refractivity contribution < 1.29 is 19.1 Å². The third-order valence-electron chi connectivity index (χ3n) is 8.47. The fraction of sp³-hybridized carbons (Fsp3) is 0.647. The minimum atomic E-state index is -0.346. The van der Waals surface area contributed by atoms with Gasteiger partial charge in [-0.05, 0) is 55.7 Å². The van der Waals surface area contributed by atoms with Crippen LogP contribution in [0.1, 0.15) is 126 Å². The normalized spacial score (nSPS) is 16.1. The number of amides is 2. The summed E-state index contributed by atoms with van der Waals surface area (Å²) < 4.78 is 13.5. The summed E-state index contributed by atoms with van der Waals surface area (Å²) in [6, 6.07) is 9.57. The van der Waals surface area contributed by atoms with Gasteiger partial charge in [-0.15, -0.1) is 0 Å². The highest BCUT2D eigenvalue weighted by molar-refractivity contribution is 6.26. The predicted octanol–water partition coefficient (Wildman–Crippen LogP) is 8.47. The molecule has 4 unspecified atom stereocenters. The van der Waals surface area contributed by atoms with Crippen LogP contribution in [0.25, 0.3) is 10.8 Å². The summed E-state index contributed by atoms with van der Waals surface area (Å²) in [7, 11) is 0. The second kappa shape index (κ2) is 16.1. The van der Waals surface area contributed by atoms with Crippen LogP contribution < -0.4 is 10.2 Å². The van der Waals surface area contributed by atoms with Gasteiger partial charge in [0.25, 0.3) is 11.8 Å². The molecule has 3 rings (SSSR count). The van der Waals surface area contributed by atoms with E-state index in [0.717, 1.165) is 36.8 Å². The van der Waals surface area contributed by atoms with E-state index in [4.69, 9.17) is 9.47 Å². The second-order valence-electron chi connectivity index (χ2n) is 11.3. The van der Waals surface area contributed by atoms with Gasteiger partial charge in [0.1, 0.15) is 12.5 Å². The summed E-state index contributed by atoms with van der Waals surface area (Å²) in [6.45, 7) is 14.7. The van der Waals surface area contributed by atoms with Gasteiger partial charge in [0, 0.05) is 27.6 Å². The molecule has 1 heterocycles. The van der Waals surface area contributed by atoms with Crippen molar-refractivity contribution in [2.75, 3.05) is 18.1 Å². The average Bonchev–Trinajstić information content (AvgIpc) is 2.97. The Morgan fingerprint density at radius 3 is 1.70 bits per heavy atom. The van der Waals surface area contributed by atoms with Crippen LogP contribution in [-0.2, 0) is 9.47 Å². The van der Waals surface area contributed by atoms with Gasteiger partial charge in [-0.2, -0.15) is 0 Å². The number of rotatable bonds is 19. The minimum absolute atomic E-state index is 0.193. The van der Waals surface area contributed by atoms with Gasteiger partial charge in [-0.25, -0.2) is 0 Å². The SMILES string of the molecule is CCCCC(CC)COC(CC)N(c1ccc2c3c(cccc13)C(=O)NC2=O)C(CC)OCC(CC)CCCC. The van der Waals surface area contributed by atoms with Crippen molar-refractivity contribution in [3.05, 3.63) is 41.5 Å². The van der Waals surface area contributed by atoms with E-state index in [9.17, 15) is 9.59 Å². The second-order valence-corrected chi connectivity index (χ2v) is 11.3. The van der Waals surface area contributed by atoms with Crippen LogP contribution in [0.5, 0.6) is 0 Å². The lowest BCUT2D eigenvalue weighted by molar-refractivity contribution is -0.0365. The van der Waals surface area contributed by atoms with Crippen LogP contribution in [0, 0.1) is 11.8 Å². The molecule has 2 amide bonds. The maximum absolute atomic E-state index is 12.7. The number of nitrogens with one attached hydrogen (secondary N) is 1. The molecule has 0 spiro atoms. The molecule has 222 valence electrons. The Morgan fingerprint density at radius 1 is 0.700 bits per heavy atom. The highest BCUT2D eigenvalue weighted by atomic mass is 16.5. The zero-order valence-electron chi connectivity index (χ0n) is 25.8. The van der Waals surface area contributed by atoms with Crippen molar-refractivity contribution in [2.45, 2.75) is 118 Å². The Kier molecular flexibility index (Phi) is 12.9. The van der Waals surface area contributed by atoms with Gasteiger partial charge >= 0.3 is 0 Å². The van der Waals surface area contributed by atoms with Crippen molar-refractivity contribution in [2.24, 2.45) is 11.8 Å². The minimum Gasteiger partial charge on any atom is -0.358 e. The molecule has 4 atom stereocenters. The Labute approximate surface area is 242 Å². The lowest BCUT2D eigenvalue weighted by atomic mass is 9.93. The topological polar surface area (TPSA) is 67.9 Å². The van der Waals surface area contributed by atoms with Gasteiger partial charge in [-0.3, -0.25) is 14.9 Å². The fourth-order valence-corrected chi connectivity index (χ4v) is 5.81. The van der Waals surface area contributed by atoms with Crippen molar-refractivity contribution in [3.8, 4) is 0 Å². The molecular formula is C34H52N2O4. The van der Waals surface area contributed by atoms with Crippen LogP contribution in [0.15, 0.2) is 30.3 Å². The summed E-state index contributed by atoms with van der Waals surface area (Å²) in [5.74, 6) is 0.351. The Bertz CT molecular complexity index is 1050. The van der Waals surface area contributed by atoms with Crippen molar-refractivity contribution in [1.29, 1.82) is 0 Å². The third-order valence-corrected chi connectivity index (χ3v) is 8.47. The van der Waals surface area contributed by atoms with E-state index >= 15 is 0 Å². The van der Waals surface area contributed by atoms with Crippen LogP contribution in [0.2, 0.25) is 0 Å². The maximum Gasteiger partial charge on any atom is 0.258 e. The first kappa shape index (κ1) is 32.1. The van der Waals surface area contributed by atoms with E-state index < -0.39 is 0 Å². The first-order chi connectivity index (χ1) is 19.4. The molecule has 0 radical (unpaired) electrons. The zero-order chi connectivity index (χ0) is 29.1. The Balaban J connectivity index is 2.04. The highest BCUT2D eigenvalue weighted by Crippen LogP contribution is 2.37. The molecule has 0 saturated carbocycles. The predicted molar refractivity (Wildman–Crippen MR) is 165 cm³/mol. The molecule has 2 aromatic carbocycles. The molecule has 0 aromatic heterocycles. The lowest BCUT2D eigenvalue weighted by Crippen LogP contribution is -2.47. The van der Waals surface area contributed by atoms with E-state index in [0.29, 0.717) is 41.6 Å². The third kappa shape index (κ3) is 7.64. The van der Waals surface area contributed by atoms with Gasteiger partial charge in [0.2, 0.25) is 0 Å². The number of carbonyl (C=O) groups excluding carboxylic acids is 2. The Morgan fingerprint density at radius 2 is 1.23 bits per heavy atom. The number of carbonyl (C=O) groups is 2. The average molecular weight is 553 g/mol. The molecule has 40 heavy (non-hydrogen) atoms. The smallest absolute Gasteiger partial charge is 0.258 e. The number of hydrogen-bond donors (Lipinski definition) is 1. The largest absolute Gasteiger partial charge is 0.358 e. The number of ether oxygens (including phenoxy) is 2. The molecule has 2 aromatic rings. The number of nitrogens with zero attached hydrogens (tertiary/aromatic N) is 1. The maximum atomic E-state index is 12.7. The highest BCUT2D eigenvalue weighted by Gasteiger charge is 2.32. The first-order valence-corrected chi connectivity index (χ1v) is 15.9. The summed E-state index contributed by atoms with van der Waals surface area (Å²) in [6.07, 6.45) is 10.5. The van der Waals surface area contributed by atoms with Gasteiger partial charge < -0.3 is 14.4 Å². The molecular weight excluding hydrogens is 500 g/mol. The molecule has 0 bridgehead atoms. The quantitative estimate of drug-likeness (QED) is 0.140. The Hall–Kier alpha value is -2.44. The molecule has 1 aliphatic rings. The number of imide groups is 1. The summed E-state index contributed by atoms with van der Waals surface area (Å²) >= 11 is 0. The van der Waals surface area contributed by atoms with Gasteiger partial charge in [-0.1, -0.05) is 92.2 Å².